The second kappa shape index (κ2) is 8.75. The molecule has 20 heavy (non-hydrogen) atoms. The van der Waals surface area contributed by atoms with Crippen LogP contribution < -0.4 is 10.6 Å². The van der Waals surface area contributed by atoms with Crippen molar-refractivity contribution in [1.82, 2.24) is 14.9 Å². The number of aliphatic carboxylic acids is 1. The Kier molecular flexibility index (Phi) is 8.16. The first-order valence-electron chi connectivity index (χ1n) is 6.35. The molecule has 0 fully saturated rings. The van der Waals surface area contributed by atoms with Crippen molar-refractivity contribution in [1.29, 1.82) is 0 Å². The van der Waals surface area contributed by atoms with Crippen molar-refractivity contribution in [2.45, 2.75) is 32.2 Å². The normalized spacial score (nSPS) is 13.0. The Morgan fingerprint density at radius 1 is 1.30 bits per heavy atom. The van der Waals surface area contributed by atoms with Crippen LogP contribution in [0.25, 0.3) is 0 Å². The van der Waals surface area contributed by atoms with Gasteiger partial charge in [0.15, 0.2) is 0 Å². The molecule has 0 aromatic carbocycles. The van der Waals surface area contributed by atoms with E-state index in [9.17, 15) is 18.0 Å². The van der Waals surface area contributed by atoms with Gasteiger partial charge in [0.1, 0.15) is 0 Å². The van der Waals surface area contributed by atoms with Crippen molar-refractivity contribution >= 4 is 22.0 Å². The fourth-order valence-electron chi connectivity index (χ4n) is 1.50. The lowest BCUT2D eigenvalue weighted by molar-refractivity contribution is -0.137. The molecule has 0 aliphatic carbocycles. The number of rotatable bonds is 9. The maximum absolute atomic E-state index is 11.5. The summed E-state index contributed by atoms with van der Waals surface area (Å²) in [6.07, 6.45) is 1.14. The van der Waals surface area contributed by atoms with Gasteiger partial charge in [0.05, 0.1) is 12.2 Å². The van der Waals surface area contributed by atoms with Gasteiger partial charge in [-0.25, -0.2) is 17.5 Å². The molecule has 1 unspecified atom stereocenters. The van der Waals surface area contributed by atoms with E-state index in [4.69, 9.17) is 5.11 Å². The number of nitrogens with one attached hydrogen (secondary N) is 2. The third-order valence-corrected chi connectivity index (χ3v) is 4.43. The molecular weight excluding hydrogens is 286 g/mol. The molecule has 0 aliphatic rings. The zero-order chi connectivity index (χ0) is 15.8. The second-order valence-electron chi connectivity index (χ2n) is 4.58. The minimum atomic E-state index is -3.35. The van der Waals surface area contributed by atoms with Crippen molar-refractivity contribution < 1.29 is 23.1 Å². The SMILES string of the molecule is CCCC(CC(=O)O)NC(=O)NCCS(=O)(=O)N(C)C. The third kappa shape index (κ3) is 7.95. The van der Waals surface area contributed by atoms with Gasteiger partial charge in [0.2, 0.25) is 10.0 Å². The summed E-state index contributed by atoms with van der Waals surface area (Å²) >= 11 is 0. The molecular formula is C11H23N3O5S. The van der Waals surface area contributed by atoms with Gasteiger partial charge in [-0.2, -0.15) is 0 Å². The minimum absolute atomic E-state index is 0.0295. The van der Waals surface area contributed by atoms with Crippen molar-refractivity contribution in [3.63, 3.8) is 0 Å². The Hall–Kier alpha value is -1.35. The van der Waals surface area contributed by atoms with Gasteiger partial charge < -0.3 is 15.7 Å². The minimum Gasteiger partial charge on any atom is -0.481 e. The molecule has 0 radical (unpaired) electrons. The molecule has 0 aromatic heterocycles. The smallest absolute Gasteiger partial charge is 0.315 e. The Morgan fingerprint density at radius 2 is 1.90 bits per heavy atom. The highest BCUT2D eigenvalue weighted by Gasteiger charge is 2.16. The van der Waals surface area contributed by atoms with Gasteiger partial charge in [0, 0.05) is 26.7 Å². The van der Waals surface area contributed by atoms with Gasteiger partial charge in [-0.3, -0.25) is 4.79 Å². The lowest BCUT2D eigenvalue weighted by Crippen LogP contribution is -2.44. The summed E-state index contributed by atoms with van der Waals surface area (Å²) in [7, 11) is -0.522. The molecule has 0 rings (SSSR count). The number of hydrogen-bond donors (Lipinski definition) is 3. The molecule has 0 saturated heterocycles. The average Bonchev–Trinajstić information content (AvgIpc) is 2.27. The summed E-state index contributed by atoms with van der Waals surface area (Å²) in [4.78, 5) is 22.2. The number of sulfonamides is 1. The summed E-state index contributed by atoms with van der Waals surface area (Å²) in [6.45, 7) is 1.86. The number of carboxylic acids is 1. The number of carbonyl (C=O) groups is 2. The maximum atomic E-state index is 11.5. The lowest BCUT2D eigenvalue weighted by Gasteiger charge is -2.17. The molecule has 8 nitrogen and oxygen atoms in total. The molecule has 2 amide bonds. The van der Waals surface area contributed by atoms with Crippen molar-refractivity contribution in [3.8, 4) is 0 Å². The van der Waals surface area contributed by atoms with Gasteiger partial charge in [0.25, 0.3) is 0 Å². The number of amides is 2. The number of urea groups is 1. The Morgan fingerprint density at radius 3 is 2.35 bits per heavy atom. The average molecular weight is 309 g/mol. The Bertz CT molecular complexity index is 422. The van der Waals surface area contributed by atoms with Crippen LogP contribution in [0.3, 0.4) is 0 Å². The Balaban J connectivity index is 4.17. The molecule has 0 aliphatic heterocycles. The topological polar surface area (TPSA) is 116 Å². The first-order chi connectivity index (χ1) is 9.19. The maximum Gasteiger partial charge on any atom is 0.315 e. The fraction of sp³-hybridized carbons (Fsp3) is 0.818. The van der Waals surface area contributed by atoms with E-state index in [2.05, 4.69) is 10.6 Å². The quantitative estimate of drug-likeness (QED) is 0.546. The van der Waals surface area contributed by atoms with Crippen LogP contribution in [0, 0.1) is 0 Å². The highest BCUT2D eigenvalue weighted by molar-refractivity contribution is 7.89. The van der Waals surface area contributed by atoms with E-state index < -0.39 is 28.1 Å². The first-order valence-corrected chi connectivity index (χ1v) is 7.96. The van der Waals surface area contributed by atoms with E-state index in [1.54, 1.807) is 0 Å². The molecule has 3 N–H and O–H groups in total. The first kappa shape index (κ1) is 18.7. The summed E-state index contributed by atoms with van der Waals surface area (Å²) in [5.74, 6) is -1.19. The molecule has 118 valence electrons. The van der Waals surface area contributed by atoms with E-state index in [0.717, 1.165) is 10.7 Å². The second-order valence-corrected chi connectivity index (χ2v) is 6.88. The van der Waals surface area contributed by atoms with Gasteiger partial charge in [-0.05, 0) is 6.42 Å². The van der Waals surface area contributed by atoms with Gasteiger partial charge in [-0.1, -0.05) is 13.3 Å². The molecule has 0 aromatic rings. The van der Waals surface area contributed by atoms with Crippen molar-refractivity contribution in [2.24, 2.45) is 0 Å². The van der Waals surface area contributed by atoms with Crippen LogP contribution in [-0.2, 0) is 14.8 Å². The Labute approximate surface area is 119 Å². The highest BCUT2D eigenvalue weighted by atomic mass is 32.2. The van der Waals surface area contributed by atoms with Crippen LogP contribution in [-0.4, -0.2) is 62.3 Å². The van der Waals surface area contributed by atoms with Crippen LogP contribution in [0.5, 0.6) is 0 Å². The van der Waals surface area contributed by atoms with E-state index >= 15 is 0 Å². The van der Waals surface area contributed by atoms with Crippen LogP contribution in [0.2, 0.25) is 0 Å². The molecule has 9 heteroatoms. The number of carboxylic acid groups (broad SMARTS) is 1. The molecule has 1 atom stereocenters. The van der Waals surface area contributed by atoms with Crippen LogP contribution in [0.4, 0.5) is 4.79 Å². The van der Waals surface area contributed by atoms with Crippen molar-refractivity contribution in [3.05, 3.63) is 0 Å². The van der Waals surface area contributed by atoms with Gasteiger partial charge >= 0.3 is 12.0 Å². The molecule has 0 bridgehead atoms. The highest BCUT2D eigenvalue weighted by Crippen LogP contribution is 2.01. The van der Waals surface area contributed by atoms with E-state index in [1.807, 2.05) is 6.92 Å². The zero-order valence-corrected chi connectivity index (χ0v) is 12.9. The van der Waals surface area contributed by atoms with E-state index in [0.29, 0.717) is 6.42 Å². The van der Waals surface area contributed by atoms with Crippen LogP contribution in [0.1, 0.15) is 26.2 Å². The van der Waals surface area contributed by atoms with Crippen LogP contribution in [0.15, 0.2) is 0 Å². The largest absolute Gasteiger partial charge is 0.481 e. The van der Waals surface area contributed by atoms with Crippen LogP contribution >= 0.6 is 0 Å². The van der Waals surface area contributed by atoms with E-state index in [1.165, 1.54) is 14.1 Å². The number of hydrogen-bond acceptors (Lipinski definition) is 4. The van der Waals surface area contributed by atoms with Crippen molar-refractivity contribution in [2.75, 3.05) is 26.4 Å². The predicted octanol–water partition coefficient (Wildman–Crippen LogP) is -0.180. The standard InChI is InChI=1S/C11H23N3O5S/c1-4-5-9(8-10(15)16)13-11(17)12-6-7-20(18,19)14(2)3/h9H,4-8H2,1-3H3,(H,15,16)(H2,12,13,17). The zero-order valence-electron chi connectivity index (χ0n) is 12.0. The summed E-state index contributed by atoms with van der Waals surface area (Å²) in [5.41, 5.74) is 0. The molecule has 0 heterocycles. The summed E-state index contributed by atoms with van der Waals surface area (Å²) in [5, 5.41) is 13.6. The number of carbonyl (C=O) groups excluding carboxylic acids is 1. The monoisotopic (exact) mass is 309 g/mol. The lowest BCUT2D eigenvalue weighted by atomic mass is 10.1. The summed E-state index contributed by atoms with van der Waals surface area (Å²) in [6, 6.07) is -1.01. The fourth-order valence-corrected chi connectivity index (χ4v) is 2.22. The molecule has 0 spiro atoms. The summed E-state index contributed by atoms with van der Waals surface area (Å²) < 4.78 is 24.0. The molecule has 0 saturated carbocycles. The predicted molar refractivity (Wildman–Crippen MR) is 75.0 cm³/mol. The van der Waals surface area contributed by atoms with Gasteiger partial charge in [-0.15, -0.1) is 0 Å². The third-order valence-electron chi connectivity index (χ3n) is 2.60. The number of nitrogens with zero attached hydrogens (tertiary/aromatic N) is 1. The van der Waals surface area contributed by atoms with E-state index in [-0.39, 0.29) is 18.7 Å².